The minimum atomic E-state index is -0.599. The van der Waals surface area contributed by atoms with Gasteiger partial charge in [-0.05, 0) is 31.2 Å². The molecule has 1 N–H and O–H groups in total. The van der Waals surface area contributed by atoms with Crippen LogP contribution in [0.25, 0.3) is 16.7 Å². The van der Waals surface area contributed by atoms with Gasteiger partial charge in [-0.3, -0.25) is 15.5 Å². The Balaban J connectivity index is 1.65. The van der Waals surface area contributed by atoms with Gasteiger partial charge in [-0.2, -0.15) is 10.2 Å². The average molecular weight is 362 g/mol. The van der Waals surface area contributed by atoms with Crippen LogP contribution in [0.5, 0.6) is 0 Å². The summed E-state index contributed by atoms with van der Waals surface area (Å²) in [6, 6.07) is 14.3. The van der Waals surface area contributed by atoms with Gasteiger partial charge in [-0.1, -0.05) is 18.2 Å². The lowest BCUT2D eigenvalue weighted by Gasteiger charge is -2.04. The fourth-order valence-corrected chi connectivity index (χ4v) is 2.73. The maximum Gasteiger partial charge on any atom is 0.433 e. The monoisotopic (exact) mass is 362 g/mol. The number of hydrazone groups is 1. The number of aryl methyl sites for hydroxylation is 1. The molecule has 0 aliphatic carbocycles. The SMILES string of the molecule is Cc1nn(-c2ccccc2)c2nccc(N/N=C/c3ccc([N+](=O)[O-])o3)c12. The second kappa shape index (κ2) is 6.71. The van der Waals surface area contributed by atoms with E-state index in [0.717, 1.165) is 22.5 Å². The van der Waals surface area contributed by atoms with Crippen LogP contribution in [0, 0.1) is 17.0 Å². The van der Waals surface area contributed by atoms with Crippen LogP contribution in [-0.2, 0) is 0 Å². The van der Waals surface area contributed by atoms with Crippen LogP contribution in [0.3, 0.4) is 0 Å². The number of aromatic nitrogens is 3. The van der Waals surface area contributed by atoms with Crippen molar-refractivity contribution in [3.63, 3.8) is 0 Å². The first-order chi connectivity index (χ1) is 13.1. The summed E-state index contributed by atoms with van der Waals surface area (Å²) in [7, 11) is 0. The minimum Gasteiger partial charge on any atom is -0.400 e. The van der Waals surface area contributed by atoms with Gasteiger partial charge in [0.05, 0.1) is 34.7 Å². The molecule has 0 aliphatic rings. The van der Waals surface area contributed by atoms with E-state index >= 15 is 0 Å². The molecule has 27 heavy (non-hydrogen) atoms. The maximum atomic E-state index is 10.6. The zero-order valence-electron chi connectivity index (χ0n) is 14.2. The number of nitrogens with zero attached hydrogens (tertiary/aromatic N) is 5. The minimum absolute atomic E-state index is 0.274. The number of benzene rings is 1. The summed E-state index contributed by atoms with van der Waals surface area (Å²) < 4.78 is 6.81. The standard InChI is InChI=1S/C18H14N6O3/c1-12-17-15(21-20-11-14-7-8-16(27-14)24(25)26)9-10-19-18(17)23(22-12)13-5-3-2-4-6-13/h2-11H,1H3,(H,19,21)/b20-11+. The zero-order valence-corrected chi connectivity index (χ0v) is 14.2. The smallest absolute Gasteiger partial charge is 0.400 e. The van der Waals surface area contributed by atoms with Gasteiger partial charge in [0.2, 0.25) is 0 Å². The summed E-state index contributed by atoms with van der Waals surface area (Å²) in [5.41, 5.74) is 6.06. The predicted molar refractivity (Wildman–Crippen MR) is 100 cm³/mol. The molecule has 9 heteroatoms. The summed E-state index contributed by atoms with van der Waals surface area (Å²) in [6.07, 6.45) is 3.04. The lowest BCUT2D eigenvalue weighted by Crippen LogP contribution is -1.97. The van der Waals surface area contributed by atoms with Crippen molar-refractivity contribution in [3.05, 3.63) is 76.3 Å². The Labute approximate surface area is 153 Å². The van der Waals surface area contributed by atoms with E-state index in [2.05, 4.69) is 20.6 Å². The average Bonchev–Trinajstić information content (AvgIpc) is 3.28. The Morgan fingerprint density at radius 3 is 2.78 bits per heavy atom. The number of nitrogens with one attached hydrogen (secondary N) is 1. The molecule has 0 fully saturated rings. The maximum absolute atomic E-state index is 10.6. The summed E-state index contributed by atoms with van der Waals surface area (Å²) in [4.78, 5) is 14.5. The highest BCUT2D eigenvalue weighted by atomic mass is 16.6. The Morgan fingerprint density at radius 1 is 1.22 bits per heavy atom. The normalized spacial score (nSPS) is 11.3. The van der Waals surface area contributed by atoms with E-state index in [0.29, 0.717) is 5.65 Å². The molecule has 0 atom stereocenters. The lowest BCUT2D eigenvalue weighted by atomic mass is 10.2. The highest BCUT2D eigenvalue weighted by molar-refractivity contribution is 5.92. The van der Waals surface area contributed by atoms with Crippen LogP contribution < -0.4 is 5.43 Å². The lowest BCUT2D eigenvalue weighted by molar-refractivity contribution is -0.402. The number of rotatable bonds is 5. The van der Waals surface area contributed by atoms with Crippen LogP contribution in [0.2, 0.25) is 0 Å². The number of hydrogen-bond acceptors (Lipinski definition) is 7. The number of anilines is 1. The van der Waals surface area contributed by atoms with E-state index in [1.54, 1.807) is 16.9 Å². The van der Waals surface area contributed by atoms with Crippen molar-refractivity contribution in [3.8, 4) is 5.69 Å². The quantitative estimate of drug-likeness (QED) is 0.329. The van der Waals surface area contributed by atoms with Gasteiger partial charge in [-0.25, -0.2) is 9.67 Å². The molecule has 4 aromatic rings. The Kier molecular flexibility index (Phi) is 4.09. The number of nitro groups is 1. The van der Waals surface area contributed by atoms with E-state index in [9.17, 15) is 10.1 Å². The van der Waals surface area contributed by atoms with Crippen molar-refractivity contribution in [2.75, 3.05) is 5.43 Å². The van der Waals surface area contributed by atoms with Crippen LogP contribution in [-0.4, -0.2) is 25.9 Å². The van der Waals surface area contributed by atoms with Crippen molar-refractivity contribution < 1.29 is 9.34 Å². The zero-order chi connectivity index (χ0) is 18.8. The number of para-hydroxylation sites is 1. The van der Waals surface area contributed by atoms with E-state index in [4.69, 9.17) is 4.42 Å². The van der Waals surface area contributed by atoms with Crippen molar-refractivity contribution in [1.29, 1.82) is 0 Å². The molecule has 3 heterocycles. The molecule has 3 aromatic heterocycles. The van der Waals surface area contributed by atoms with Crippen molar-refractivity contribution in [1.82, 2.24) is 14.8 Å². The van der Waals surface area contributed by atoms with Gasteiger partial charge in [0.1, 0.15) is 4.92 Å². The third-order valence-corrected chi connectivity index (χ3v) is 3.91. The van der Waals surface area contributed by atoms with E-state index in [1.165, 1.54) is 18.3 Å². The van der Waals surface area contributed by atoms with Gasteiger partial charge in [-0.15, -0.1) is 0 Å². The molecule has 0 aliphatic heterocycles. The molecule has 0 spiro atoms. The summed E-state index contributed by atoms with van der Waals surface area (Å²) in [5.74, 6) is -0.0565. The second-order valence-electron chi connectivity index (χ2n) is 5.69. The fraction of sp³-hybridized carbons (Fsp3) is 0.0556. The third kappa shape index (κ3) is 3.13. The molecule has 0 saturated carbocycles. The molecular weight excluding hydrogens is 348 g/mol. The van der Waals surface area contributed by atoms with Crippen LogP contribution in [0.1, 0.15) is 11.5 Å². The summed E-state index contributed by atoms with van der Waals surface area (Å²) >= 11 is 0. The molecule has 0 amide bonds. The van der Waals surface area contributed by atoms with E-state index in [-0.39, 0.29) is 11.6 Å². The van der Waals surface area contributed by atoms with Crippen LogP contribution in [0.4, 0.5) is 11.6 Å². The first-order valence-corrected chi connectivity index (χ1v) is 8.06. The van der Waals surface area contributed by atoms with Crippen LogP contribution in [0.15, 0.2) is 64.2 Å². The van der Waals surface area contributed by atoms with Crippen LogP contribution >= 0.6 is 0 Å². The molecule has 4 rings (SSSR count). The first kappa shape index (κ1) is 16.5. The Bertz CT molecular complexity index is 1150. The highest BCUT2D eigenvalue weighted by Gasteiger charge is 2.14. The highest BCUT2D eigenvalue weighted by Crippen LogP contribution is 2.27. The predicted octanol–water partition coefficient (Wildman–Crippen LogP) is 3.68. The first-order valence-electron chi connectivity index (χ1n) is 8.06. The molecule has 9 nitrogen and oxygen atoms in total. The molecule has 0 saturated heterocycles. The van der Waals surface area contributed by atoms with Gasteiger partial charge in [0.15, 0.2) is 11.4 Å². The van der Waals surface area contributed by atoms with Gasteiger partial charge >= 0.3 is 5.88 Å². The number of pyridine rings is 1. The van der Waals surface area contributed by atoms with Crippen molar-refractivity contribution in [2.45, 2.75) is 6.92 Å². The van der Waals surface area contributed by atoms with E-state index in [1.807, 2.05) is 37.3 Å². The Hall–Kier alpha value is -4.01. The van der Waals surface area contributed by atoms with Gasteiger partial charge in [0.25, 0.3) is 0 Å². The fourth-order valence-electron chi connectivity index (χ4n) is 2.73. The molecular formula is C18H14N6O3. The van der Waals surface area contributed by atoms with Gasteiger partial charge < -0.3 is 4.42 Å². The summed E-state index contributed by atoms with van der Waals surface area (Å²) in [5, 5.41) is 20.2. The topological polar surface area (TPSA) is 111 Å². The number of fused-ring (bicyclic) bond motifs is 1. The Morgan fingerprint density at radius 2 is 2.04 bits per heavy atom. The molecule has 0 radical (unpaired) electrons. The number of hydrogen-bond donors (Lipinski definition) is 1. The largest absolute Gasteiger partial charge is 0.433 e. The number of furan rings is 1. The molecule has 0 unspecified atom stereocenters. The molecule has 134 valence electrons. The summed E-state index contributed by atoms with van der Waals surface area (Å²) in [6.45, 7) is 1.90. The third-order valence-electron chi connectivity index (χ3n) is 3.91. The molecule has 1 aromatic carbocycles. The molecule has 0 bridgehead atoms. The van der Waals surface area contributed by atoms with E-state index < -0.39 is 4.92 Å². The second-order valence-corrected chi connectivity index (χ2v) is 5.69. The van der Waals surface area contributed by atoms with Crippen molar-refractivity contribution >= 4 is 28.8 Å². The van der Waals surface area contributed by atoms with Gasteiger partial charge in [0, 0.05) is 6.20 Å². The van der Waals surface area contributed by atoms with Crippen molar-refractivity contribution in [2.24, 2.45) is 5.10 Å².